The fraction of sp³-hybridized carbons (Fsp3) is 0.727. The summed E-state index contributed by atoms with van der Waals surface area (Å²) < 4.78 is 0. The Hall–Kier alpha value is -0.830. The second kappa shape index (κ2) is 6.60. The first kappa shape index (κ1) is 13.2. The molecule has 0 aliphatic carbocycles. The van der Waals surface area contributed by atoms with E-state index in [0.29, 0.717) is 5.57 Å². The van der Waals surface area contributed by atoms with E-state index in [1.54, 1.807) is 0 Å². The lowest BCUT2D eigenvalue weighted by atomic mass is 10.0. The van der Waals surface area contributed by atoms with Crippen LogP contribution < -0.4 is 5.73 Å². The maximum atomic E-state index is 11.0. The van der Waals surface area contributed by atoms with Gasteiger partial charge in [0.1, 0.15) is 0 Å². The standard InChI is InChI=1S/C11H22N2O/c1-5-8-13(7-3)10(6-2)9(4)11(12)14/h10H,4-8H2,1-3H3,(H2,12,14). The molecule has 0 aromatic carbocycles. The van der Waals surface area contributed by atoms with Gasteiger partial charge in [-0.05, 0) is 25.9 Å². The molecule has 14 heavy (non-hydrogen) atoms. The number of hydrogen-bond acceptors (Lipinski definition) is 2. The van der Waals surface area contributed by atoms with E-state index in [1.807, 2.05) is 0 Å². The van der Waals surface area contributed by atoms with Crippen molar-refractivity contribution in [3.05, 3.63) is 12.2 Å². The van der Waals surface area contributed by atoms with Crippen molar-refractivity contribution >= 4 is 5.91 Å². The number of carbonyl (C=O) groups excluding carboxylic acids is 1. The number of likely N-dealkylation sites (N-methyl/N-ethyl adjacent to an activating group) is 1. The predicted molar refractivity (Wildman–Crippen MR) is 60.0 cm³/mol. The lowest BCUT2D eigenvalue weighted by Gasteiger charge is -2.29. The topological polar surface area (TPSA) is 46.3 Å². The van der Waals surface area contributed by atoms with Crippen molar-refractivity contribution < 1.29 is 4.79 Å². The third-order valence-corrected chi connectivity index (χ3v) is 2.46. The maximum absolute atomic E-state index is 11.0. The van der Waals surface area contributed by atoms with E-state index in [2.05, 4.69) is 32.3 Å². The monoisotopic (exact) mass is 198 g/mol. The molecule has 0 spiro atoms. The number of amides is 1. The van der Waals surface area contributed by atoms with Gasteiger partial charge in [-0.3, -0.25) is 9.69 Å². The second-order valence-corrected chi connectivity index (χ2v) is 3.44. The molecular formula is C11H22N2O. The Bertz CT molecular complexity index is 201. The third-order valence-electron chi connectivity index (χ3n) is 2.46. The Morgan fingerprint density at radius 1 is 1.43 bits per heavy atom. The van der Waals surface area contributed by atoms with Crippen LogP contribution in [0.2, 0.25) is 0 Å². The van der Waals surface area contributed by atoms with Crippen LogP contribution in [0, 0.1) is 0 Å². The van der Waals surface area contributed by atoms with Crippen LogP contribution in [0.25, 0.3) is 0 Å². The average molecular weight is 198 g/mol. The van der Waals surface area contributed by atoms with E-state index in [1.165, 1.54) is 0 Å². The molecule has 0 saturated heterocycles. The molecule has 1 atom stereocenters. The van der Waals surface area contributed by atoms with Crippen LogP contribution in [0.1, 0.15) is 33.6 Å². The number of nitrogens with zero attached hydrogens (tertiary/aromatic N) is 1. The van der Waals surface area contributed by atoms with Crippen LogP contribution in [0.4, 0.5) is 0 Å². The Balaban J connectivity index is 4.50. The highest BCUT2D eigenvalue weighted by Crippen LogP contribution is 2.12. The molecule has 0 aromatic rings. The first-order valence-electron chi connectivity index (χ1n) is 5.31. The van der Waals surface area contributed by atoms with Gasteiger partial charge in [-0.1, -0.05) is 27.4 Å². The average Bonchev–Trinajstić information content (AvgIpc) is 2.17. The fourth-order valence-corrected chi connectivity index (χ4v) is 1.71. The summed E-state index contributed by atoms with van der Waals surface area (Å²) in [5.74, 6) is -0.383. The van der Waals surface area contributed by atoms with E-state index >= 15 is 0 Å². The molecule has 2 N–H and O–H groups in total. The van der Waals surface area contributed by atoms with Gasteiger partial charge in [-0.25, -0.2) is 0 Å². The number of primary amides is 1. The summed E-state index contributed by atoms with van der Waals surface area (Å²) in [6, 6.07) is 0.109. The molecule has 0 heterocycles. The molecule has 82 valence electrons. The molecular weight excluding hydrogens is 176 g/mol. The van der Waals surface area contributed by atoms with Crippen molar-refractivity contribution in [2.75, 3.05) is 13.1 Å². The van der Waals surface area contributed by atoms with Crippen LogP contribution in [-0.2, 0) is 4.79 Å². The molecule has 1 amide bonds. The van der Waals surface area contributed by atoms with Gasteiger partial charge in [0, 0.05) is 11.6 Å². The van der Waals surface area contributed by atoms with Gasteiger partial charge < -0.3 is 5.73 Å². The summed E-state index contributed by atoms with van der Waals surface area (Å²) in [4.78, 5) is 13.3. The van der Waals surface area contributed by atoms with Gasteiger partial charge in [0.15, 0.2) is 0 Å². The molecule has 0 rings (SSSR count). The van der Waals surface area contributed by atoms with E-state index in [9.17, 15) is 4.79 Å². The SMILES string of the molecule is C=C(C(N)=O)C(CC)N(CC)CCC. The predicted octanol–water partition coefficient (Wildman–Crippen LogP) is 1.54. The highest BCUT2D eigenvalue weighted by Gasteiger charge is 2.20. The Morgan fingerprint density at radius 3 is 2.29 bits per heavy atom. The van der Waals surface area contributed by atoms with E-state index in [-0.39, 0.29) is 11.9 Å². The smallest absolute Gasteiger partial charge is 0.245 e. The molecule has 0 saturated carbocycles. The molecule has 0 radical (unpaired) electrons. The Morgan fingerprint density at radius 2 is 2.00 bits per heavy atom. The zero-order chi connectivity index (χ0) is 11.1. The summed E-state index contributed by atoms with van der Waals surface area (Å²) in [5.41, 5.74) is 5.77. The van der Waals surface area contributed by atoms with Crippen LogP contribution in [0.5, 0.6) is 0 Å². The normalized spacial score (nSPS) is 12.9. The van der Waals surface area contributed by atoms with Crippen molar-refractivity contribution in [1.82, 2.24) is 4.90 Å². The van der Waals surface area contributed by atoms with Gasteiger partial charge in [-0.2, -0.15) is 0 Å². The Kier molecular flexibility index (Phi) is 6.21. The third kappa shape index (κ3) is 3.50. The molecule has 0 bridgehead atoms. The number of hydrogen-bond donors (Lipinski definition) is 1. The summed E-state index contributed by atoms with van der Waals surface area (Å²) in [6.45, 7) is 11.9. The van der Waals surface area contributed by atoms with Crippen molar-refractivity contribution in [1.29, 1.82) is 0 Å². The Labute approximate surface area is 87.0 Å². The van der Waals surface area contributed by atoms with Crippen LogP contribution >= 0.6 is 0 Å². The van der Waals surface area contributed by atoms with Gasteiger partial charge >= 0.3 is 0 Å². The molecule has 1 unspecified atom stereocenters. The van der Waals surface area contributed by atoms with Crippen molar-refractivity contribution in [3.8, 4) is 0 Å². The molecule has 3 nitrogen and oxygen atoms in total. The van der Waals surface area contributed by atoms with Gasteiger partial charge in [0.2, 0.25) is 5.91 Å². The quantitative estimate of drug-likeness (QED) is 0.631. The van der Waals surface area contributed by atoms with Crippen molar-refractivity contribution in [2.45, 2.75) is 39.7 Å². The number of carbonyl (C=O) groups is 1. The van der Waals surface area contributed by atoms with E-state index in [0.717, 1.165) is 25.9 Å². The summed E-state index contributed by atoms with van der Waals surface area (Å²) >= 11 is 0. The minimum Gasteiger partial charge on any atom is -0.366 e. The largest absolute Gasteiger partial charge is 0.366 e. The lowest BCUT2D eigenvalue weighted by molar-refractivity contribution is -0.115. The first-order valence-corrected chi connectivity index (χ1v) is 5.31. The number of rotatable bonds is 7. The van der Waals surface area contributed by atoms with Crippen molar-refractivity contribution in [2.24, 2.45) is 5.73 Å². The number of nitrogens with two attached hydrogens (primary N) is 1. The fourth-order valence-electron chi connectivity index (χ4n) is 1.71. The molecule has 0 aliphatic rings. The summed E-state index contributed by atoms with van der Waals surface area (Å²) in [6.07, 6.45) is 1.96. The van der Waals surface area contributed by atoms with E-state index in [4.69, 9.17) is 5.73 Å². The minimum atomic E-state index is -0.383. The summed E-state index contributed by atoms with van der Waals surface area (Å²) in [5, 5.41) is 0. The molecule has 0 aromatic heterocycles. The second-order valence-electron chi connectivity index (χ2n) is 3.44. The highest BCUT2D eigenvalue weighted by atomic mass is 16.1. The van der Waals surface area contributed by atoms with E-state index < -0.39 is 0 Å². The van der Waals surface area contributed by atoms with Crippen LogP contribution in [0.15, 0.2) is 12.2 Å². The maximum Gasteiger partial charge on any atom is 0.245 e. The van der Waals surface area contributed by atoms with Gasteiger partial charge in [0.25, 0.3) is 0 Å². The zero-order valence-corrected chi connectivity index (χ0v) is 9.55. The molecule has 0 fully saturated rings. The highest BCUT2D eigenvalue weighted by molar-refractivity contribution is 5.92. The van der Waals surface area contributed by atoms with Crippen LogP contribution in [0.3, 0.4) is 0 Å². The first-order chi connectivity index (χ1) is 6.58. The minimum absolute atomic E-state index is 0.109. The van der Waals surface area contributed by atoms with Crippen LogP contribution in [-0.4, -0.2) is 29.9 Å². The lowest BCUT2D eigenvalue weighted by Crippen LogP contribution is -2.40. The zero-order valence-electron chi connectivity index (χ0n) is 9.55. The van der Waals surface area contributed by atoms with Gasteiger partial charge in [-0.15, -0.1) is 0 Å². The van der Waals surface area contributed by atoms with Crippen molar-refractivity contribution in [3.63, 3.8) is 0 Å². The van der Waals surface area contributed by atoms with Gasteiger partial charge in [0.05, 0.1) is 0 Å². The molecule has 0 aliphatic heterocycles. The summed E-state index contributed by atoms with van der Waals surface area (Å²) in [7, 11) is 0. The molecule has 3 heteroatoms.